The van der Waals surface area contributed by atoms with E-state index in [-0.39, 0.29) is 24.4 Å². The van der Waals surface area contributed by atoms with Crippen molar-refractivity contribution in [1.29, 1.82) is 0 Å². The third kappa shape index (κ3) is 3.16. The quantitative estimate of drug-likeness (QED) is 0.822. The fraction of sp³-hybridized carbons (Fsp3) is 0.357. The number of benzene rings is 1. The minimum atomic E-state index is -4.35. The molecule has 0 N–H and O–H groups in total. The average molecular weight is 269 g/mol. The van der Waals surface area contributed by atoms with Crippen LogP contribution in [0.4, 0.5) is 13.2 Å². The van der Waals surface area contributed by atoms with Gasteiger partial charge in [0.05, 0.1) is 18.7 Å². The van der Waals surface area contributed by atoms with E-state index in [1.165, 1.54) is 0 Å². The maximum absolute atomic E-state index is 12.9. The van der Waals surface area contributed by atoms with Gasteiger partial charge in [-0.15, -0.1) is 0 Å². The number of rotatable bonds is 3. The molecule has 5 heteroatoms. The van der Waals surface area contributed by atoms with E-state index >= 15 is 0 Å². The molecule has 1 aromatic rings. The van der Waals surface area contributed by atoms with Gasteiger partial charge in [-0.3, -0.25) is 0 Å². The zero-order valence-electron chi connectivity index (χ0n) is 10.5. The summed E-state index contributed by atoms with van der Waals surface area (Å²) < 4.78 is 44.0. The highest BCUT2D eigenvalue weighted by Gasteiger charge is 2.40. The first-order valence-corrected chi connectivity index (χ1v) is 6.03. The molecule has 0 atom stereocenters. The van der Waals surface area contributed by atoms with Gasteiger partial charge in [-0.1, -0.05) is 30.3 Å². The fourth-order valence-corrected chi connectivity index (χ4v) is 1.98. The Morgan fingerprint density at radius 3 is 2.47 bits per heavy atom. The summed E-state index contributed by atoms with van der Waals surface area (Å²) in [5, 5.41) is 0. The van der Waals surface area contributed by atoms with Crippen molar-refractivity contribution in [3.8, 4) is 0 Å². The summed E-state index contributed by atoms with van der Waals surface area (Å²) in [4.78, 5) is 3.85. The van der Waals surface area contributed by atoms with Crippen LogP contribution < -0.4 is 0 Å². The van der Waals surface area contributed by atoms with E-state index in [1.54, 1.807) is 31.2 Å². The number of ether oxygens (including phenoxy) is 1. The fourth-order valence-electron chi connectivity index (χ4n) is 1.98. The highest BCUT2D eigenvalue weighted by atomic mass is 19.4. The minimum Gasteiger partial charge on any atom is -0.478 e. The summed E-state index contributed by atoms with van der Waals surface area (Å²) in [6.45, 7) is 1.69. The molecule has 0 saturated heterocycles. The predicted molar refractivity (Wildman–Crippen MR) is 67.2 cm³/mol. The molecule has 0 aromatic heterocycles. The van der Waals surface area contributed by atoms with E-state index in [0.717, 1.165) is 5.56 Å². The minimum absolute atomic E-state index is 0.124. The van der Waals surface area contributed by atoms with Gasteiger partial charge in [-0.25, -0.2) is 4.99 Å². The second-order valence-corrected chi connectivity index (χ2v) is 4.17. The molecular weight excluding hydrogens is 255 g/mol. The SMILES string of the molecule is CCOC1=NCC(C(F)(F)F)=C1Cc1ccccc1. The first-order valence-electron chi connectivity index (χ1n) is 6.03. The number of alkyl halides is 3. The van der Waals surface area contributed by atoms with Crippen LogP contribution in [0.2, 0.25) is 0 Å². The maximum Gasteiger partial charge on any atom is 0.414 e. The molecule has 1 aliphatic rings. The smallest absolute Gasteiger partial charge is 0.414 e. The van der Waals surface area contributed by atoms with E-state index in [4.69, 9.17) is 4.74 Å². The number of nitrogens with zero attached hydrogens (tertiary/aromatic N) is 1. The van der Waals surface area contributed by atoms with Crippen molar-refractivity contribution in [1.82, 2.24) is 0 Å². The lowest BCUT2D eigenvalue weighted by atomic mass is 10.0. The molecule has 1 heterocycles. The van der Waals surface area contributed by atoms with Gasteiger partial charge in [0.15, 0.2) is 0 Å². The normalized spacial score (nSPS) is 15.7. The monoisotopic (exact) mass is 269 g/mol. The molecule has 0 radical (unpaired) electrons. The van der Waals surface area contributed by atoms with Crippen LogP contribution in [0.3, 0.4) is 0 Å². The van der Waals surface area contributed by atoms with Gasteiger partial charge < -0.3 is 4.74 Å². The van der Waals surface area contributed by atoms with Crippen LogP contribution in [0.1, 0.15) is 12.5 Å². The molecule has 2 rings (SSSR count). The first kappa shape index (κ1) is 13.6. The Balaban J connectivity index is 2.31. The Labute approximate surface area is 109 Å². The van der Waals surface area contributed by atoms with Crippen molar-refractivity contribution < 1.29 is 17.9 Å². The second-order valence-electron chi connectivity index (χ2n) is 4.17. The molecule has 1 aromatic carbocycles. The number of hydrogen-bond acceptors (Lipinski definition) is 2. The van der Waals surface area contributed by atoms with Crippen LogP contribution in [0, 0.1) is 0 Å². The maximum atomic E-state index is 12.9. The second kappa shape index (κ2) is 5.47. The standard InChI is InChI=1S/C14H14F3NO/c1-2-19-13-11(8-10-6-4-3-5-7-10)12(9-18-13)14(15,16)17/h3-7H,2,8-9H2,1H3. The van der Waals surface area contributed by atoms with Gasteiger partial charge in [0.2, 0.25) is 5.90 Å². The average Bonchev–Trinajstić information content (AvgIpc) is 2.74. The molecule has 102 valence electrons. The third-order valence-corrected chi connectivity index (χ3v) is 2.85. The lowest BCUT2D eigenvalue weighted by Crippen LogP contribution is -2.17. The van der Waals surface area contributed by atoms with Crippen LogP contribution in [0.15, 0.2) is 46.5 Å². The molecule has 0 spiro atoms. The Bertz CT molecular complexity index is 503. The van der Waals surface area contributed by atoms with Crippen LogP contribution in [0.25, 0.3) is 0 Å². The molecular formula is C14H14F3NO. The molecule has 0 aliphatic carbocycles. The van der Waals surface area contributed by atoms with Gasteiger partial charge in [-0.05, 0) is 12.5 Å². The van der Waals surface area contributed by atoms with Crippen molar-refractivity contribution in [3.05, 3.63) is 47.0 Å². The van der Waals surface area contributed by atoms with Gasteiger partial charge in [0.25, 0.3) is 0 Å². The molecule has 0 saturated carbocycles. The van der Waals surface area contributed by atoms with Gasteiger partial charge in [0.1, 0.15) is 0 Å². The van der Waals surface area contributed by atoms with Crippen molar-refractivity contribution in [2.45, 2.75) is 19.5 Å². The van der Waals surface area contributed by atoms with Crippen LogP contribution >= 0.6 is 0 Å². The van der Waals surface area contributed by atoms with Crippen LogP contribution in [-0.4, -0.2) is 25.2 Å². The first-order chi connectivity index (χ1) is 9.02. The summed E-state index contributed by atoms with van der Waals surface area (Å²) in [6.07, 6.45) is -4.17. The van der Waals surface area contributed by atoms with Gasteiger partial charge in [0, 0.05) is 12.0 Å². The predicted octanol–water partition coefficient (Wildman–Crippen LogP) is 3.54. The van der Waals surface area contributed by atoms with Gasteiger partial charge >= 0.3 is 6.18 Å². The van der Waals surface area contributed by atoms with E-state index in [9.17, 15) is 13.2 Å². The van der Waals surface area contributed by atoms with Crippen LogP contribution in [-0.2, 0) is 11.2 Å². The van der Waals surface area contributed by atoms with E-state index < -0.39 is 11.7 Å². The molecule has 0 fully saturated rings. The van der Waals surface area contributed by atoms with Gasteiger partial charge in [-0.2, -0.15) is 13.2 Å². The Morgan fingerprint density at radius 2 is 1.89 bits per heavy atom. The van der Waals surface area contributed by atoms with Crippen molar-refractivity contribution in [2.24, 2.45) is 4.99 Å². The van der Waals surface area contributed by atoms with Crippen molar-refractivity contribution in [2.75, 3.05) is 13.2 Å². The molecule has 0 bridgehead atoms. The van der Waals surface area contributed by atoms with E-state index in [2.05, 4.69) is 4.99 Å². The molecule has 0 unspecified atom stereocenters. The largest absolute Gasteiger partial charge is 0.478 e. The molecule has 1 aliphatic heterocycles. The van der Waals surface area contributed by atoms with Crippen molar-refractivity contribution >= 4 is 5.90 Å². The van der Waals surface area contributed by atoms with E-state index in [1.807, 2.05) is 6.07 Å². The Kier molecular flexibility index (Phi) is 3.93. The summed E-state index contributed by atoms with van der Waals surface area (Å²) in [5.41, 5.74) is 0.369. The zero-order valence-corrected chi connectivity index (χ0v) is 10.5. The molecule has 19 heavy (non-hydrogen) atoms. The number of hydrogen-bond donors (Lipinski definition) is 0. The highest BCUT2D eigenvalue weighted by molar-refractivity contribution is 5.97. The van der Waals surface area contributed by atoms with Crippen LogP contribution in [0.5, 0.6) is 0 Å². The summed E-state index contributed by atoms with van der Waals surface area (Å²) in [6, 6.07) is 9.02. The Morgan fingerprint density at radius 1 is 1.21 bits per heavy atom. The van der Waals surface area contributed by atoms with E-state index in [0.29, 0.717) is 6.61 Å². The summed E-state index contributed by atoms with van der Waals surface area (Å²) in [5.74, 6) is 0.124. The molecule has 0 amide bonds. The third-order valence-electron chi connectivity index (χ3n) is 2.85. The number of aliphatic imine (C=N–C) groups is 1. The highest BCUT2D eigenvalue weighted by Crippen LogP contribution is 2.33. The lowest BCUT2D eigenvalue weighted by molar-refractivity contribution is -0.0923. The topological polar surface area (TPSA) is 21.6 Å². The molecule has 2 nitrogen and oxygen atoms in total. The van der Waals surface area contributed by atoms with Crippen molar-refractivity contribution in [3.63, 3.8) is 0 Å². The Hall–Kier alpha value is -1.78. The zero-order chi connectivity index (χ0) is 13.9. The summed E-state index contributed by atoms with van der Waals surface area (Å²) >= 11 is 0. The lowest BCUT2D eigenvalue weighted by Gasteiger charge is -2.12. The summed E-state index contributed by atoms with van der Waals surface area (Å²) in [7, 11) is 0. The number of halogens is 3.